The number of benzene rings is 2. The monoisotopic (exact) mass is 439 g/mol. The van der Waals surface area contributed by atoms with Crippen molar-refractivity contribution in [2.75, 3.05) is 0 Å². The number of halogens is 3. The molecule has 2 nitrogen and oxygen atoms in total. The van der Waals surface area contributed by atoms with Crippen molar-refractivity contribution in [3.05, 3.63) is 76.4 Å². The molecule has 0 atom stereocenters. The van der Waals surface area contributed by atoms with Crippen LogP contribution in [0, 0.1) is 23.0 Å². The van der Waals surface area contributed by atoms with E-state index in [0.29, 0.717) is 11.5 Å². The summed E-state index contributed by atoms with van der Waals surface area (Å²) in [6.45, 7) is 0. The standard InChI is InChI=1S/C26H24ClF2NO/c27-22-3-1-16(11-23(22)29)12-25(31)18-14-26(15-18)8-5-17(6-9-26)20-7-10-30-24-4-2-19(28)13-21(20)24/h1-4,7,10-11,13,17-18H,5-6,8-9,12,14-15H2. The number of hydrogen-bond donors (Lipinski definition) is 0. The largest absolute Gasteiger partial charge is 0.299 e. The molecule has 5 heteroatoms. The highest BCUT2D eigenvalue weighted by Gasteiger charge is 2.48. The lowest BCUT2D eigenvalue weighted by molar-refractivity contribution is -0.131. The van der Waals surface area contributed by atoms with E-state index in [4.69, 9.17) is 11.6 Å². The van der Waals surface area contributed by atoms with E-state index in [1.165, 1.54) is 23.8 Å². The fourth-order valence-corrected chi connectivity index (χ4v) is 5.77. The summed E-state index contributed by atoms with van der Waals surface area (Å²) in [6, 6.07) is 11.4. The first-order chi connectivity index (χ1) is 14.9. The number of Topliss-reactive ketones (excluding diaryl/α,β-unsaturated/α-hetero) is 1. The molecule has 2 saturated carbocycles. The number of carbonyl (C=O) groups excluding carboxylic acids is 1. The summed E-state index contributed by atoms with van der Waals surface area (Å²) >= 11 is 5.73. The lowest BCUT2D eigenvalue weighted by Crippen LogP contribution is -2.43. The van der Waals surface area contributed by atoms with E-state index >= 15 is 0 Å². The van der Waals surface area contributed by atoms with Crippen molar-refractivity contribution in [3.63, 3.8) is 0 Å². The molecule has 3 aromatic rings. The molecule has 0 radical (unpaired) electrons. The molecule has 0 bridgehead atoms. The number of ketones is 1. The topological polar surface area (TPSA) is 30.0 Å². The molecular weight excluding hydrogens is 416 g/mol. The van der Waals surface area contributed by atoms with E-state index in [-0.39, 0.29) is 34.4 Å². The van der Waals surface area contributed by atoms with Crippen LogP contribution in [-0.2, 0) is 11.2 Å². The van der Waals surface area contributed by atoms with Crippen molar-refractivity contribution in [2.24, 2.45) is 11.3 Å². The van der Waals surface area contributed by atoms with E-state index in [1.807, 2.05) is 12.3 Å². The minimum atomic E-state index is -0.473. The molecule has 31 heavy (non-hydrogen) atoms. The smallest absolute Gasteiger partial charge is 0.142 e. The Labute approximate surface area is 185 Å². The lowest BCUT2D eigenvalue weighted by Gasteiger charge is -2.51. The summed E-state index contributed by atoms with van der Waals surface area (Å²) in [6.07, 6.45) is 8.24. The molecule has 2 aliphatic carbocycles. The van der Waals surface area contributed by atoms with Crippen LogP contribution in [0.3, 0.4) is 0 Å². The second-order valence-corrected chi connectivity index (χ2v) is 9.74. The van der Waals surface area contributed by atoms with Gasteiger partial charge in [-0.05, 0) is 97.4 Å². The van der Waals surface area contributed by atoms with Gasteiger partial charge in [-0.2, -0.15) is 0 Å². The Bertz CT molecular complexity index is 1150. The Balaban J connectivity index is 1.21. The van der Waals surface area contributed by atoms with Crippen LogP contribution in [-0.4, -0.2) is 10.8 Å². The first kappa shape index (κ1) is 20.6. The Morgan fingerprint density at radius 2 is 1.84 bits per heavy atom. The SMILES string of the molecule is O=C(Cc1ccc(Cl)c(F)c1)C1CC2(CCC(c3ccnc4ccc(F)cc34)CC2)C1. The molecule has 0 saturated heterocycles. The van der Waals surface area contributed by atoms with Gasteiger partial charge < -0.3 is 0 Å². The fraction of sp³-hybridized carbons (Fsp3) is 0.385. The predicted molar refractivity (Wildman–Crippen MR) is 118 cm³/mol. The molecule has 1 spiro atoms. The van der Waals surface area contributed by atoms with Crippen LogP contribution in [0.1, 0.15) is 55.6 Å². The summed E-state index contributed by atoms with van der Waals surface area (Å²) in [5, 5.41) is 1.00. The van der Waals surface area contributed by atoms with Gasteiger partial charge in [-0.15, -0.1) is 0 Å². The second kappa shape index (κ2) is 7.98. The maximum atomic E-state index is 13.8. The molecule has 160 valence electrons. The van der Waals surface area contributed by atoms with Gasteiger partial charge in [0.25, 0.3) is 0 Å². The van der Waals surface area contributed by atoms with Crippen molar-refractivity contribution >= 4 is 28.3 Å². The average Bonchev–Trinajstić information content (AvgIpc) is 2.74. The highest BCUT2D eigenvalue weighted by Crippen LogP contribution is 2.57. The van der Waals surface area contributed by atoms with Crippen LogP contribution < -0.4 is 0 Å². The highest BCUT2D eigenvalue weighted by molar-refractivity contribution is 6.30. The zero-order valence-electron chi connectivity index (χ0n) is 17.2. The molecule has 0 amide bonds. The normalized spacial score (nSPS) is 25.5. The van der Waals surface area contributed by atoms with Gasteiger partial charge in [0, 0.05) is 23.9 Å². The molecule has 0 aliphatic heterocycles. The number of rotatable bonds is 4. The summed E-state index contributed by atoms with van der Waals surface area (Å²) in [7, 11) is 0. The number of carbonyl (C=O) groups is 1. The van der Waals surface area contributed by atoms with Crippen molar-refractivity contribution in [3.8, 4) is 0 Å². The van der Waals surface area contributed by atoms with E-state index < -0.39 is 5.82 Å². The van der Waals surface area contributed by atoms with Gasteiger partial charge in [0.1, 0.15) is 17.4 Å². The van der Waals surface area contributed by atoms with Crippen molar-refractivity contribution in [1.82, 2.24) is 4.98 Å². The van der Waals surface area contributed by atoms with Crippen LogP contribution in [0.5, 0.6) is 0 Å². The Kier molecular flexibility index (Phi) is 5.29. The third kappa shape index (κ3) is 3.98. The van der Waals surface area contributed by atoms with Gasteiger partial charge in [0.2, 0.25) is 0 Å². The number of nitrogens with zero attached hydrogens (tertiary/aromatic N) is 1. The van der Waals surface area contributed by atoms with Crippen molar-refractivity contribution < 1.29 is 13.6 Å². The minimum absolute atomic E-state index is 0.0751. The lowest BCUT2D eigenvalue weighted by atomic mass is 9.53. The van der Waals surface area contributed by atoms with Crippen molar-refractivity contribution in [2.45, 2.75) is 50.9 Å². The first-order valence-electron chi connectivity index (χ1n) is 10.9. The summed E-state index contributed by atoms with van der Waals surface area (Å²) in [5.41, 5.74) is 2.98. The van der Waals surface area contributed by atoms with Gasteiger partial charge in [0.15, 0.2) is 0 Å². The molecule has 1 heterocycles. The van der Waals surface area contributed by atoms with E-state index in [1.54, 1.807) is 18.2 Å². The molecule has 0 unspecified atom stereocenters. The Morgan fingerprint density at radius 3 is 2.58 bits per heavy atom. The van der Waals surface area contributed by atoms with Crippen LogP contribution in [0.25, 0.3) is 10.9 Å². The Hall–Kier alpha value is -2.33. The average molecular weight is 440 g/mol. The number of pyridine rings is 1. The predicted octanol–water partition coefficient (Wildman–Crippen LogP) is 7.03. The van der Waals surface area contributed by atoms with Crippen LogP contribution in [0.2, 0.25) is 5.02 Å². The number of aromatic nitrogens is 1. The van der Waals surface area contributed by atoms with E-state index in [0.717, 1.165) is 49.4 Å². The molecule has 0 N–H and O–H groups in total. The summed E-state index contributed by atoms with van der Waals surface area (Å²) in [4.78, 5) is 17.1. The fourth-order valence-electron chi connectivity index (χ4n) is 5.65. The van der Waals surface area contributed by atoms with Gasteiger partial charge in [-0.25, -0.2) is 8.78 Å². The zero-order valence-corrected chi connectivity index (χ0v) is 18.0. The van der Waals surface area contributed by atoms with Gasteiger partial charge in [-0.1, -0.05) is 17.7 Å². The second-order valence-electron chi connectivity index (χ2n) is 9.33. The third-order valence-electron chi connectivity index (χ3n) is 7.40. The third-order valence-corrected chi connectivity index (χ3v) is 7.71. The number of fused-ring (bicyclic) bond motifs is 1. The van der Waals surface area contributed by atoms with E-state index in [2.05, 4.69) is 4.98 Å². The van der Waals surface area contributed by atoms with Crippen LogP contribution in [0.15, 0.2) is 48.7 Å². The quantitative estimate of drug-likeness (QED) is 0.436. The highest BCUT2D eigenvalue weighted by atomic mass is 35.5. The minimum Gasteiger partial charge on any atom is -0.299 e. The van der Waals surface area contributed by atoms with E-state index in [9.17, 15) is 13.6 Å². The maximum Gasteiger partial charge on any atom is 0.142 e. The molecule has 2 aliphatic rings. The maximum absolute atomic E-state index is 13.8. The summed E-state index contributed by atoms with van der Waals surface area (Å²) in [5.74, 6) is -0.0187. The zero-order chi connectivity index (χ0) is 21.6. The number of hydrogen-bond acceptors (Lipinski definition) is 2. The summed E-state index contributed by atoms with van der Waals surface area (Å²) < 4.78 is 27.4. The molecule has 5 rings (SSSR count). The molecule has 2 fully saturated rings. The van der Waals surface area contributed by atoms with Gasteiger partial charge in [-0.3, -0.25) is 9.78 Å². The van der Waals surface area contributed by atoms with Crippen molar-refractivity contribution in [1.29, 1.82) is 0 Å². The molecular formula is C26H24ClF2NO. The Morgan fingerprint density at radius 1 is 1.06 bits per heavy atom. The van der Waals surface area contributed by atoms with Crippen LogP contribution in [0.4, 0.5) is 8.78 Å². The van der Waals surface area contributed by atoms with Gasteiger partial charge in [0.05, 0.1) is 10.5 Å². The molecule has 1 aromatic heterocycles. The molecule has 2 aromatic carbocycles. The van der Waals surface area contributed by atoms with Gasteiger partial charge >= 0.3 is 0 Å². The van der Waals surface area contributed by atoms with Crippen LogP contribution >= 0.6 is 11.6 Å². The first-order valence-corrected chi connectivity index (χ1v) is 11.3.